The van der Waals surface area contributed by atoms with Crippen molar-refractivity contribution in [1.29, 1.82) is 0 Å². The lowest BCUT2D eigenvalue weighted by Crippen LogP contribution is -2.34. The lowest BCUT2D eigenvalue weighted by molar-refractivity contribution is 0.0158. The Labute approximate surface area is 95.2 Å². The third kappa shape index (κ3) is 7.77. The number of likely N-dealkylation sites (N-methyl/N-ethyl adjacent to an activating group) is 1. The van der Waals surface area contributed by atoms with E-state index in [-0.39, 0.29) is 5.60 Å². The first kappa shape index (κ1) is 14.9. The van der Waals surface area contributed by atoms with Gasteiger partial charge in [0.1, 0.15) is 0 Å². The molecule has 0 radical (unpaired) electrons. The molecule has 0 aromatic heterocycles. The summed E-state index contributed by atoms with van der Waals surface area (Å²) >= 11 is 0. The molecule has 3 heteroatoms. The first-order valence-corrected chi connectivity index (χ1v) is 6.04. The van der Waals surface area contributed by atoms with Crippen LogP contribution in [0.2, 0.25) is 0 Å². The normalized spacial score (nSPS) is 12.4. The molecular formula is C12H28N2O. The summed E-state index contributed by atoms with van der Waals surface area (Å²) in [7, 11) is 1.77. The minimum atomic E-state index is 0.00218. The van der Waals surface area contributed by atoms with E-state index in [1.807, 2.05) is 0 Å². The predicted molar refractivity (Wildman–Crippen MR) is 66.4 cm³/mol. The first-order valence-electron chi connectivity index (χ1n) is 6.04. The highest BCUT2D eigenvalue weighted by Crippen LogP contribution is 2.10. The summed E-state index contributed by atoms with van der Waals surface area (Å²) in [4.78, 5) is 2.43. The van der Waals surface area contributed by atoms with Gasteiger partial charge in [0.2, 0.25) is 0 Å². The van der Waals surface area contributed by atoms with Gasteiger partial charge in [-0.15, -0.1) is 0 Å². The summed E-state index contributed by atoms with van der Waals surface area (Å²) in [5, 5.41) is 3.45. The smallest absolute Gasteiger partial charge is 0.0634 e. The molecule has 92 valence electrons. The summed E-state index contributed by atoms with van der Waals surface area (Å²) < 4.78 is 5.36. The van der Waals surface area contributed by atoms with Gasteiger partial charge in [0, 0.05) is 20.2 Å². The van der Waals surface area contributed by atoms with E-state index in [9.17, 15) is 0 Å². The highest BCUT2D eigenvalue weighted by molar-refractivity contribution is 4.69. The Kier molecular flexibility index (Phi) is 8.02. The molecule has 0 spiro atoms. The van der Waals surface area contributed by atoms with Crippen LogP contribution in [-0.2, 0) is 4.74 Å². The Bertz CT molecular complexity index is 145. The van der Waals surface area contributed by atoms with Crippen molar-refractivity contribution in [2.45, 2.75) is 39.7 Å². The van der Waals surface area contributed by atoms with E-state index in [0.29, 0.717) is 0 Å². The van der Waals surface area contributed by atoms with E-state index in [0.717, 1.165) is 39.1 Å². The van der Waals surface area contributed by atoms with Crippen LogP contribution in [0.15, 0.2) is 0 Å². The van der Waals surface area contributed by atoms with Crippen molar-refractivity contribution in [3.05, 3.63) is 0 Å². The van der Waals surface area contributed by atoms with Gasteiger partial charge in [0.15, 0.2) is 0 Å². The highest BCUT2D eigenvalue weighted by Gasteiger charge is 2.14. The molecular weight excluding hydrogens is 188 g/mol. The molecule has 0 aromatic rings. The quantitative estimate of drug-likeness (QED) is 0.594. The van der Waals surface area contributed by atoms with Crippen LogP contribution < -0.4 is 5.32 Å². The Hall–Kier alpha value is -0.120. The van der Waals surface area contributed by atoms with Crippen molar-refractivity contribution < 1.29 is 4.74 Å². The van der Waals surface area contributed by atoms with Gasteiger partial charge in [0.25, 0.3) is 0 Å². The molecule has 0 saturated carbocycles. The second-order valence-electron chi connectivity index (χ2n) is 4.49. The predicted octanol–water partition coefficient (Wildman–Crippen LogP) is 1.73. The Morgan fingerprint density at radius 1 is 1.13 bits per heavy atom. The fourth-order valence-corrected chi connectivity index (χ4v) is 1.39. The van der Waals surface area contributed by atoms with Crippen LogP contribution in [0.5, 0.6) is 0 Å². The molecule has 0 bridgehead atoms. The van der Waals surface area contributed by atoms with Crippen molar-refractivity contribution in [2.24, 2.45) is 0 Å². The largest absolute Gasteiger partial charge is 0.379 e. The Morgan fingerprint density at radius 2 is 1.73 bits per heavy atom. The minimum absolute atomic E-state index is 0.00218. The van der Waals surface area contributed by atoms with Crippen LogP contribution in [0.1, 0.15) is 34.1 Å². The Balaban J connectivity index is 3.39. The lowest BCUT2D eigenvalue weighted by Gasteiger charge is -2.23. The van der Waals surface area contributed by atoms with Gasteiger partial charge in [-0.05, 0) is 39.9 Å². The third-order valence-electron chi connectivity index (χ3n) is 2.96. The molecule has 0 aliphatic rings. The molecule has 0 aliphatic carbocycles. The van der Waals surface area contributed by atoms with Crippen LogP contribution in [-0.4, -0.2) is 50.3 Å². The molecule has 0 heterocycles. The molecule has 0 aromatic carbocycles. The number of rotatable bonds is 9. The van der Waals surface area contributed by atoms with Crippen molar-refractivity contribution in [3.8, 4) is 0 Å². The SMILES string of the molecule is CCN(CC)CCNCCC(C)(C)OC. The molecule has 0 aliphatic heterocycles. The maximum Gasteiger partial charge on any atom is 0.0634 e. The second kappa shape index (κ2) is 8.08. The fraction of sp³-hybridized carbons (Fsp3) is 1.00. The summed E-state index contributed by atoms with van der Waals surface area (Å²) in [6.45, 7) is 14.2. The molecule has 0 saturated heterocycles. The van der Waals surface area contributed by atoms with E-state index in [1.54, 1.807) is 7.11 Å². The molecule has 0 fully saturated rings. The number of ether oxygens (including phenoxy) is 1. The van der Waals surface area contributed by atoms with Crippen LogP contribution in [0.25, 0.3) is 0 Å². The minimum Gasteiger partial charge on any atom is -0.379 e. The summed E-state index contributed by atoms with van der Waals surface area (Å²) in [5.41, 5.74) is 0.00218. The number of hydrogen-bond acceptors (Lipinski definition) is 3. The molecule has 0 unspecified atom stereocenters. The van der Waals surface area contributed by atoms with E-state index in [2.05, 4.69) is 37.9 Å². The topological polar surface area (TPSA) is 24.5 Å². The van der Waals surface area contributed by atoms with Crippen molar-refractivity contribution in [3.63, 3.8) is 0 Å². The van der Waals surface area contributed by atoms with Crippen molar-refractivity contribution in [2.75, 3.05) is 39.8 Å². The van der Waals surface area contributed by atoms with E-state index >= 15 is 0 Å². The summed E-state index contributed by atoms with van der Waals surface area (Å²) in [6.07, 6.45) is 1.06. The molecule has 0 atom stereocenters. The average Bonchev–Trinajstić information content (AvgIpc) is 2.23. The highest BCUT2D eigenvalue weighted by atomic mass is 16.5. The van der Waals surface area contributed by atoms with Gasteiger partial charge < -0.3 is 15.0 Å². The summed E-state index contributed by atoms with van der Waals surface area (Å²) in [6, 6.07) is 0. The standard InChI is InChI=1S/C12H28N2O/c1-6-14(7-2)11-10-13-9-8-12(3,4)15-5/h13H,6-11H2,1-5H3. The lowest BCUT2D eigenvalue weighted by atomic mass is 10.1. The van der Waals surface area contributed by atoms with Gasteiger partial charge in [-0.25, -0.2) is 0 Å². The zero-order valence-electron chi connectivity index (χ0n) is 11.1. The molecule has 0 rings (SSSR count). The number of nitrogens with one attached hydrogen (secondary N) is 1. The fourth-order valence-electron chi connectivity index (χ4n) is 1.39. The third-order valence-corrected chi connectivity index (χ3v) is 2.96. The Morgan fingerprint density at radius 3 is 2.20 bits per heavy atom. The second-order valence-corrected chi connectivity index (χ2v) is 4.49. The molecule has 15 heavy (non-hydrogen) atoms. The van der Waals surface area contributed by atoms with Crippen LogP contribution >= 0.6 is 0 Å². The monoisotopic (exact) mass is 216 g/mol. The zero-order chi connectivity index (χ0) is 11.7. The number of methoxy groups -OCH3 is 1. The zero-order valence-corrected chi connectivity index (χ0v) is 11.1. The van der Waals surface area contributed by atoms with E-state index < -0.39 is 0 Å². The van der Waals surface area contributed by atoms with Crippen LogP contribution in [0.3, 0.4) is 0 Å². The first-order chi connectivity index (χ1) is 7.05. The van der Waals surface area contributed by atoms with E-state index in [1.165, 1.54) is 0 Å². The van der Waals surface area contributed by atoms with Crippen molar-refractivity contribution >= 4 is 0 Å². The number of nitrogens with zero attached hydrogens (tertiary/aromatic N) is 1. The van der Waals surface area contributed by atoms with Gasteiger partial charge in [0.05, 0.1) is 5.60 Å². The van der Waals surface area contributed by atoms with E-state index in [4.69, 9.17) is 4.74 Å². The average molecular weight is 216 g/mol. The maximum absolute atomic E-state index is 5.36. The summed E-state index contributed by atoms with van der Waals surface area (Å²) in [5.74, 6) is 0. The molecule has 0 amide bonds. The van der Waals surface area contributed by atoms with Gasteiger partial charge in [-0.2, -0.15) is 0 Å². The molecule has 3 nitrogen and oxygen atoms in total. The van der Waals surface area contributed by atoms with Gasteiger partial charge >= 0.3 is 0 Å². The van der Waals surface area contributed by atoms with Crippen LogP contribution in [0, 0.1) is 0 Å². The van der Waals surface area contributed by atoms with Gasteiger partial charge in [-0.3, -0.25) is 0 Å². The molecule has 1 N–H and O–H groups in total. The van der Waals surface area contributed by atoms with Gasteiger partial charge in [-0.1, -0.05) is 13.8 Å². The van der Waals surface area contributed by atoms with Crippen molar-refractivity contribution in [1.82, 2.24) is 10.2 Å². The maximum atomic E-state index is 5.36. The van der Waals surface area contributed by atoms with Crippen LogP contribution in [0.4, 0.5) is 0 Å². The number of hydrogen-bond donors (Lipinski definition) is 1.